The van der Waals surface area contributed by atoms with E-state index in [1.54, 1.807) is 0 Å². The third-order valence-electron chi connectivity index (χ3n) is 5.02. The van der Waals surface area contributed by atoms with Gasteiger partial charge in [0.25, 0.3) is 0 Å². The zero-order valence-electron chi connectivity index (χ0n) is 16.3. The van der Waals surface area contributed by atoms with Gasteiger partial charge in [0.05, 0.1) is 0 Å². The highest BCUT2D eigenvalue weighted by Gasteiger charge is 2.31. The van der Waals surface area contributed by atoms with Crippen LogP contribution >= 0.6 is 0 Å². The molecule has 4 nitrogen and oxygen atoms in total. The summed E-state index contributed by atoms with van der Waals surface area (Å²) in [5.41, 5.74) is 0. The highest BCUT2D eigenvalue weighted by molar-refractivity contribution is 5.87. The smallest absolute Gasteiger partial charge is 0.332 e. The van der Waals surface area contributed by atoms with E-state index >= 15 is 0 Å². The summed E-state index contributed by atoms with van der Waals surface area (Å²) in [6, 6.07) is -0.385. The van der Waals surface area contributed by atoms with E-state index in [-0.39, 0.29) is 32.8 Å². The molecule has 0 radical (unpaired) electrons. The van der Waals surface area contributed by atoms with Crippen LogP contribution in [-0.2, 0) is 14.3 Å². The number of amides is 1. The third-order valence-corrected chi connectivity index (χ3v) is 5.02. The van der Waals surface area contributed by atoms with E-state index in [1.165, 1.54) is 83.5 Å². The second-order valence-electron chi connectivity index (χ2n) is 7.45. The van der Waals surface area contributed by atoms with Crippen molar-refractivity contribution in [3.63, 3.8) is 0 Å². The summed E-state index contributed by atoms with van der Waals surface area (Å²) in [6.07, 6.45) is 20.4. The van der Waals surface area contributed by atoms with Crippen LogP contribution in [0.25, 0.3) is 0 Å². The lowest BCUT2D eigenvalue weighted by Crippen LogP contribution is -2.52. The van der Waals surface area contributed by atoms with Gasteiger partial charge in [-0.05, 0) is 6.42 Å². The maximum absolute atomic E-state index is 11.6. The average Bonchev–Trinajstić information content (AvgIpc) is 2.61. The Kier molecular flexibility index (Phi) is 20.5. The Bertz CT molecular complexity index is 358. The molecule has 0 bridgehead atoms. The standard InChI is InChI=1S/C21H39NO3.2CH4/c1-2-3-4-5-6-7-8-9-10-11-12-13-14-15-16-17-20(23)22-19-18-25-21(19)24;;/h19H,2-18H2,1H3,(H,22,23);2*1H4. The van der Waals surface area contributed by atoms with Crippen molar-refractivity contribution in [2.75, 3.05) is 6.61 Å². The van der Waals surface area contributed by atoms with Gasteiger partial charge < -0.3 is 10.1 Å². The van der Waals surface area contributed by atoms with Crippen LogP contribution in [0.4, 0.5) is 0 Å². The van der Waals surface area contributed by atoms with Crippen LogP contribution in [0.5, 0.6) is 0 Å². The third kappa shape index (κ3) is 15.7. The number of hydrogen-bond donors (Lipinski definition) is 1. The minimum atomic E-state index is -0.385. The van der Waals surface area contributed by atoms with Crippen molar-refractivity contribution in [3.05, 3.63) is 0 Å². The fourth-order valence-electron chi connectivity index (χ4n) is 3.26. The maximum atomic E-state index is 11.6. The molecule has 0 spiro atoms. The predicted molar refractivity (Wildman–Crippen MR) is 116 cm³/mol. The van der Waals surface area contributed by atoms with Gasteiger partial charge in [-0.25, -0.2) is 4.79 Å². The molecule has 0 aromatic heterocycles. The molecule has 0 aromatic rings. The van der Waals surface area contributed by atoms with E-state index in [0.717, 1.165) is 12.8 Å². The zero-order chi connectivity index (χ0) is 18.2. The number of nitrogens with one attached hydrogen (secondary N) is 1. The van der Waals surface area contributed by atoms with Crippen LogP contribution in [0.1, 0.15) is 125 Å². The van der Waals surface area contributed by atoms with Crippen molar-refractivity contribution in [1.82, 2.24) is 5.32 Å². The minimum absolute atomic E-state index is 0. The predicted octanol–water partition coefficient (Wildman–Crippen LogP) is 6.56. The molecule has 1 fully saturated rings. The van der Waals surface area contributed by atoms with Crippen LogP contribution in [0.15, 0.2) is 0 Å². The molecule has 27 heavy (non-hydrogen) atoms. The molecule has 1 atom stereocenters. The number of carbonyl (C=O) groups is 2. The lowest BCUT2D eigenvalue weighted by atomic mass is 10.0. The lowest BCUT2D eigenvalue weighted by Gasteiger charge is -2.25. The van der Waals surface area contributed by atoms with Crippen molar-refractivity contribution in [1.29, 1.82) is 0 Å². The first-order valence-electron chi connectivity index (χ1n) is 10.7. The van der Waals surface area contributed by atoms with Crippen molar-refractivity contribution in [3.8, 4) is 0 Å². The first-order valence-corrected chi connectivity index (χ1v) is 10.7. The number of esters is 1. The molecule has 1 aliphatic rings. The summed E-state index contributed by atoms with van der Waals surface area (Å²) in [5, 5.41) is 2.70. The Hall–Kier alpha value is -1.06. The number of unbranched alkanes of at least 4 members (excludes halogenated alkanes) is 14. The van der Waals surface area contributed by atoms with Gasteiger partial charge in [0, 0.05) is 6.42 Å². The van der Waals surface area contributed by atoms with Crippen LogP contribution < -0.4 is 5.32 Å². The fraction of sp³-hybridized carbons (Fsp3) is 0.913. The molecule has 4 heteroatoms. The van der Waals surface area contributed by atoms with Gasteiger partial charge in [0.15, 0.2) is 6.04 Å². The van der Waals surface area contributed by atoms with E-state index in [9.17, 15) is 9.59 Å². The largest absolute Gasteiger partial charge is 0.461 e. The molecule has 1 saturated heterocycles. The van der Waals surface area contributed by atoms with Crippen LogP contribution in [-0.4, -0.2) is 24.5 Å². The molecule has 1 unspecified atom stereocenters. The molecular weight excluding hydrogens is 338 g/mol. The molecule has 0 aromatic carbocycles. The molecule has 1 aliphatic heterocycles. The van der Waals surface area contributed by atoms with Gasteiger partial charge >= 0.3 is 5.97 Å². The first kappa shape index (κ1) is 28.2. The number of carbonyl (C=O) groups excluding carboxylic acids is 2. The lowest BCUT2D eigenvalue weighted by molar-refractivity contribution is -0.164. The summed E-state index contributed by atoms with van der Waals surface area (Å²) in [7, 11) is 0. The van der Waals surface area contributed by atoms with Crippen molar-refractivity contribution < 1.29 is 14.3 Å². The summed E-state index contributed by atoms with van der Waals surface area (Å²) in [5.74, 6) is -0.318. The number of hydrogen-bond acceptors (Lipinski definition) is 3. The maximum Gasteiger partial charge on any atom is 0.332 e. The van der Waals surface area contributed by atoms with Gasteiger partial charge in [-0.2, -0.15) is 0 Å². The Balaban J connectivity index is 0. The minimum Gasteiger partial charge on any atom is -0.461 e. The second kappa shape index (κ2) is 19.7. The van der Waals surface area contributed by atoms with Crippen molar-refractivity contribution >= 4 is 11.9 Å². The Labute approximate surface area is 169 Å². The SMILES string of the molecule is C.C.CCCCCCCCCCCCCCCCCC(=O)NC1COC1=O. The van der Waals surface area contributed by atoms with Crippen molar-refractivity contribution in [2.24, 2.45) is 0 Å². The van der Waals surface area contributed by atoms with Gasteiger partial charge in [0.2, 0.25) is 5.91 Å². The van der Waals surface area contributed by atoms with Crippen LogP contribution in [0.2, 0.25) is 0 Å². The second-order valence-corrected chi connectivity index (χ2v) is 7.45. The summed E-state index contributed by atoms with van der Waals surface area (Å²) in [4.78, 5) is 22.5. The number of ether oxygens (including phenoxy) is 1. The van der Waals surface area contributed by atoms with Gasteiger partial charge in [-0.3, -0.25) is 4.79 Å². The number of cyclic esters (lactones) is 1. The summed E-state index contributed by atoms with van der Waals surface area (Å²) in [6.45, 7) is 2.61. The Morgan fingerprint density at radius 3 is 1.56 bits per heavy atom. The highest BCUT2D eigenvalue weighted by atomic mass is 16.6. The topological polar surface area (TPSA) is 55.4 Å². The van der Waals surface area contributed by atoms with Gasteiger partial charge in [-0.1, -0.05) is 112 Å². The van der Waals surface area contributed by atoms with E-state index in [0.29, 0.717) is 13.0 Å². The first-order chi connectivity index (χ1) is 12.2. The fourth-order valence-corrected chi connectivity index (χ4v) is 3.26. The monoisotopic (exact) mass is 385 g/mol. The molecule has 1 rings (SSSR count). The Morgan fingerprint density at radius 2 is 1.22 bits per heavy atom. The van der Waals surface area contributed by atoms with Crippen LogP contribution in [0.3, 0.4) is 0 Å². The molecule has 0 saturated carbocycles. The average molecular weight is 386 g/mol. The zero-order valence-corrected chi connectivity index (χ0v) is 16.3. The van der Waals surface area contributed by atoms with Crippen LogP contribution in [0, 0.1) is 0 Å². The highest BCUT2D eigenvalue weighted by Crippen LogP contribution is 2.13. The van der Waals surface area contributed by atoms with Gasteiger partial charge in [-0.15, -0.1) is 0 Å². The quantitative estimate of drug-likeness (QED) is 0.228. The van der Waals surface area contributed by atoms with E-state index in [2.05, 4.69) is 17.0 Å². The molecule has 1 amide bonds. The molecule has 1 N–H and O–H groups in total. The molecule has 1 heterocycles. The normalized spacial score (nSPS) is 15.1. The van der Waals surface area contributed by atoms with Crippen molar-refractivity contribution in [2.45, 2.75) is 131 Å². The summed E-state index contributed by atoms with van der Waals surface area (Å²) >= 11 is 0. The van der Waals surface area contributed by atoms with Gasteiger partial charge in [0.1, 0.15) is 6.61 Å². The van der Waals surface area contributed by atoms with E-state index in [1.807, 2.05) is 0 Å². The van der Waals surface area contributed by atoms with E-state index in [4.69, 9.17) is 0 Å². The Morgan fingerprint density at radius 1 is 0.815 bits per heavy atom. The summed E-state index contributed by atoms with van der Waals surface area (Å²) < 4.78 is 4.62. The molecular formula is C23H47NO3. The molecule has 0 aliphatic carbocycles. The van der Waals surface area contributed by atoms with E-state index < -0.39 is 0 Å². The molecule has 162 valence electrons. The number of rotatable bonds is 17.